The Labute approximate surface area is 231 Å². The van der Waals surface area contributed by atoms with E-state index < -0.39 is 5.69 Å². The van der Waals surface area contributed by atoms with Gasteiger partial charge >= 0.3 is 5.69 Å². The molecule has 0 aliphatic heterocycles. The van der Waals surface area contributed by atoms with E-state index in [4.69, 9.17) is 20.4 Å². The van der Waals surface area contributed by atoms with E-state index in [1.807, 2.05) is 109 Å². The monoisotopic (exact) mass is 542 g/mol. The molecule has 0 saturated carbocycles. The van der Waals surface area contributed by atoms with E-state index >= 15 is 0 Å². The summed E-state index contributed by atoms with van der Waals surface area (Å²) in [6.07, 6.45) is 0. The number of hydrogen-bond acceptors (Lipinski definition) is 6. The fourth-order valence-corrected chi connectivity index (χ4v) is 5.03. The first-order valence-electron chi connectivity index (χ1n) is 12.5. The summed E-state index contributed by atoms with van der Waals surface area (Å²) in [6, 6.07) is 35.1. The van der Waals surface area contributed by atoms with Crippen LogP contribution in [0.2, 0.25) is 5.28 Å². The molecule has 0 aliphatic carbocycles. The molecule has 0 radical (unpaired) electrons. The second-order valence-corrected chi connectivity index (χ2v) is 9.39. The zero-order chi connectivity index (χ0) is 27.1. The summed E-state index contributed by atoms with van der Waals surface area (Å²) >= 11 is 6.02. The third-order valence-corrected chi connectivity index (χ3v) is 6.75. The highest BCUT2D eigenvalue weighted by atomic mass is 35.5. The van der Waals surface area contributed by atoms with Gasteiger partial charge < -0.3 is 13.8 Å². The minimum atomic E-state index is -0.407. The van der Waals surface area contributed by atoms with Crippen LogP contribution in [0.15, 0.2) is 123 Å². The highest BCUT2D eigenvalue weighted by Crippen LogP contribution is 2.35. The molecule has 0 atom stereocenters. The van der Waals surface area contributed by atoms with Crippen LogP contribution in [-0.2, 0) is 0 Å². The van der Waals surface area contributed by atoms with E-state index in [-0.39, 0.29) is 5.28 Å². The van der Waals surface area contributed by atoms with Crippen molar-refractivity contribution in [3.8, 4) is 22.5 Å². The van der Waals surface area contributed by atoms with Gasteiger partial charge in [0.2, 0.25) is 16.7 Å². The smallest absolute Gasteiger partial charge is 0.348 e. The molecule has 0 spiro atoms. The zero-order valence-corrected chi connectivity index (χ0v) is 21.6. The van der Waals surface area contributed by atoms with Gasteiger partial charge in [0, 0.05) is 16.3 Å². The molecule has 1 N–H and O–H groups in total. The predicted molar refractivity (Wildman–Crippen MR) is 157 cm³/mol. The first-order chi connectivity index (χ1) is 19.7. The Morgan fingerprint density at radius 2 is 1.10 bits per heavy atom. The molecule has 0 aliphatic rings. The molecule has 192 valence electrons. The van der Waals surface area contributed by atoms with Crippen molar-refractivity contribution in [3.63, 3.8) is 0 Å². The summed E-state index contributed by atoms with van der Waals surface area (Å²) in [4.78, 5) is 27.0. The van der Waals surface area contributed by atoms with Gasteiger partial charge in [0.1, 0.15) is 11.2 Å². The van der Waals surface area contributed by atoms with Gasteiger partial charge in [0.05, 0.1) is 22.2 Å². The van der Waals surface area contributed by atoms with Crippen LogP contribution < -0.4 is 5.69 Å². The molecule has 4 heterocycles. The molecule has 0 fully saturated rings. The third kappa shape index (κ3) is 4.19. The Balaban J connectivity index is 0.000000132. The number of rotatable bonds is 2. The molecule has 40 heavy (non-hydrogen) atoms. The molecule has 0 unspecified atom stereocenters. The Kier molecular flexibility index (Phi) is 5.83. The summed E-state index contributed by atoms with van der Waals surface area (Å²) in [7, 11) is 0. The molecule has 8 aromatic rings. The van der Waals surface area contributed by atoms with Crippen molar-refractivity contribution in [2.24, 2.45) is 0 Å². The molecule has 4 aromatic carbocycles. The van der Waals surface area contributed by atoms with Gasteiger partial charge in [-0.1, -0.05) is 97.1 Å². The van der Waals surface area contributed by atoms with E-state index in [1.54, 1.807) is 0 Å². The van der Waals surface area contributed by atoms with Crippen LogP contribution in [-0.4, -0.2) is 19.9 Å². The topological polar surface area (TPSA) is 97.8 Å². The van der Waals surface area contributed by atoms with Crippen LogP contribution in [0.5, 0.6) is 0 Å². The number of benzene rings is 4. The predicted octanol–water partition coefficient (Wildman–Crippen LogP) is 8.03. The average Bonchev–Trinajstić information content (AvgIpc) is 3.55. The lowest BCUT2D eigenvalue weighted by Crippen LogP contribution is -2.10. The second-order valence-electron chi connectivity index (χ2n) is 9.05. The van der Waals surface area contributed by atoms with Crippen LogP contribution in [0, 0.1) is 0 Å². The largest absolute Gasteiger partial charge is 0.438 e. The minimum Gasteiger partial charge on any atom is -0.438 e. The fraction of sp³-hybridized carbons (Fsp3) is 0. The minimum absolute atomic E-state index is 0.190. The Bertz CT molecular complexity index is 2200. The van der Waals surface area contributed by atoms with Gasteiger partial charge in [-0.3, -0.25) is 0 Å². The average molecular weight is 543 g/mol. The van der Waals surface area contributed by atoms with E-state index in [1.165, 1.54) is 0 Å². The molecule has 7 nitrogen and oxygen atoms in total. The maximum Gasteiger partial charge on any atom is 0.348 e. The van der Waals surface area contributed by atoms with Crippen molar-refractivity contribution in [2.45, 2.75) is 0 Å². The molecular formula is C32H19ClN4O3. The van der Waals surface area contributed by atoms with Crippen LogP contribution in [0.3, 0.4) is 0 Å². The first-order valence-corrected chi connectivity index (χ1v) is 12.9. The van der Waals surface area contributed by atoms with Gasteiger partial charge in [0.25, 0.3) is 0 Å². The number of nitrogens with one attached hydrogen (secondary N) is 1. The van der Waals surface area contributed by atoms with Gasteiger partial charge in [-0.15, -0.1) is 0 Å². The summed E-state index contributed by atoms with van der Waals surface area (Å²) < 4.78 is 11.4. The van der Waals surface area contributed by atoms with Crippen molar-refractivity contribution < 1.29 is 8.83 Å². The van der Waals surface area contributed by atoms with E-state index in [2.05, 4.69) is 19.9 Å². The lowest BCUT2D eigenvalue weighted by atomic mass is 10.1. The number of aromatic nitrogens is 4. The van der Waals surface area contributed by atoms with Gasteiger partial charge in [-0.05, 0) is 29.3 Å². The van der Waals surface area contributed by atoms with Gasteiger partial charge in [0.15, 0.2) is 0 Å². The lowest BCUT2D eigenvalue weighted by molar-refractivity contribution is 0.650. The Hall–Kier alpha value is -5.27. The van der Waals surface area contributed by atoms with Crippen LogP contribution in [0.25, 0.3) is 66.7 Å². The number of hydrogen-bond donors (Lipinski definition) is 1. The third-order valence-electron chi connectivity index (χ3n) is 6.58. The van der Waals surface area contributed by atoms with Crippen molar-refractivity contribution in [1.29, 1.82) is 0 Å². The normalized spacial score (nSPS) is 11.2. The first kappa shape index (κ1) is 23.8. The number of H-pyrrole nitrogens is 1. The fourth-order valence-electron chi connectivity index (χ4n) is 4.87. The van der Waals surface area contributed by atoms with Crippen LogP contribution in [0.1, 0.15) is 0 Å². The molecule has 4 aromatic heterocycles. The molecule has 8 heteroatoms. The van der Waals surface area contributed by atoms with E-state index in [0.29, 0.717) is 11.4 Å². The summed E-state index contributed by atoms with van der Waals surface area (Å²) in [5.74, 6) is 0. The van der Waals surface area contributed by atoms with Gasteiger partial charge in [-0.2, -0.15) is 9.97 Å². The van der Waals surface area contributed by atoms with Crippen molar-refractivity contribution in [2.75, 3.05) is 0 Å². The number of para-hydroxylation sites is 2. The standard InChI is InChI=1S/C16H9ClN2O.C16H10N2O2/c17-16-18-14(10-6-2-1-3-7-10)13-11-8-4-5-9-12(11)20-15(13)19-16;19-16-17-14(10-6-2-1-3-7-10)13-11-8-4-5-9-12(11)20-15(13)18-16/h1-9H;1-9H,(H,17,18,19). The second kappa shape index (κ2) is 9.80. The van der Waals surface area contributed by atoms with Crippen molar-refractivity contribution >= 4 is 55.7 Å². The number of furan rings is 2. The summed E-state index contributed by atoms with van der Waals surface area (Å²) in [5.41, 5.74) is 5.46. The quantitative estimate of drug-likeness (QED) is 0.222. The summed E-state index contributed by atoms with van der Waals surface area (Å²) in [6.45, 7) is 0. The maximum atomic E-state index is 11.7. The number of halogens is 1. The van der Waals surface area contributed by atoms with Crippen molar-refractivity contribution in [3.05, 3.63) is 125 Å². The SMILES string of the molecule is Clc1nc(-c2ccccc2)c2c(n1)oc1ccccc12.O=c1nc2oc3ccccc3c2c(-c2ccccc2)[nH]1. The highest BCUT2D eigenvalue weighted by molar-refractivity contribution is 6.29. The highest BCUT2D eigenvalue weighted by Gasteiger charge is 2.16. The number of aromatic amines is 1. The van der Waals surface area contributed by atoms with Crippen molar-refractivity contribution in [1.82, 2.24) is 19.9 Å². The Morgan fingerprint density at radius 1 is 0.575 bits per heavy atom. The van der Waals surface area contributed by atoms with Crippen LogP contribution >= 0.6 is 11.6 Å². The van der Waals surface area contributed by atoms with Crippen LogP contribution in [0.4, 0.5) is 0 Å². The molecule has 0 amide bonds. The van der Waals surface area contributed by atoms with E-state index in [9.17, 15) is 4.79 Å². The summed E-state index contributed by atoms with van der Waals surface area (Å²) in [5, 5.41) is 3.88. The lowest BCUT2D eigenvalue weighted by Gasteiger charge is -2.02. The molecule has 8 rings (SSSR count). The molecule has 0 bridgehead atoms. The zero-order valence-electron chi connectivity index (χ0n) is 20.8. The molecule has 0 saturated heterocycles. The number of fused-ring (bicyclic) bond motifs is 6. The Morgan fingerprint density at radius 3 is 1.75 bits per heavy atom. The number of nitrogens with zero attached hydrogens (tertiary/aromatic N) is 3. The maximum absolute atomic E-state index is 11.7. The van der Waals surface area contributed by atoms with E-state index in [0.717, 1.165) is 55.2 Å². The van der Waals surface area contributed by atoms with Gasteiger partial charge in [-0.25, -0.2) is 9.78 Å². The molecular weight excluding hydrogens is 524 g/mol.